The summed E-state index contributed by atoms with van der Waals surface area (Å²) in [6, 6.07) is 4.26. The van der Waals surface area contributed by atoms with Gasteiger partial charge in [0.2, 0.25) is 0 Å². The van der Waals surface area contributed by atoms with Crippen LogP contribution in [0.1, 0.15) is 48.8 Å². The molecule has 2 fully saturated rings. The van der Waals surface area contributed by atoms with Gasteiger partial charge in [0.15, 0.2) is 0 Å². The molecule has 0 saturated heterocycles. The van der Waals surface area contributed by atoms with Crippen molar-refractivity contribution in [3.63, 3.8) is 0 Å². The molecular weight excluding hydrogens is 252 g/mol. The first-order chi connectivity index (χ1) is 9.50. The topological polar surface area (TPSA) is 46.5 Å². The molecule has 0 aromatic heterocycles. The summed E-state index contributed by atoms with van der Waals surface area (Å²) in [4.78, 5) is 11.1. The van der Waals surface area contributed by atoms with Gasteiger partial charge in [-0.15, -0.1) is 0 Å². The van der Waals surface area contributed by atoms with Crippen LogP contribution in [0.5, 0.6) is 5.75 Å². The van der Waals surface area contributed by atoms with Crippen molar-refractivity contribution in [1.29, 1.82) is 0 Å². The third-order valence-electron chi connectivity index (χ3n) is 4.49. The maximum Gasteiger partial charge on any atom is 0.304 e. The van der Waals surface area contributed by atoms with Crippen LogP contribution in [-0.2, 0) is 10.2 Å². The van der Waals surface area contributed by atoms with Crippen molar-refractivity contribution in [2.24, 2.45) is 5.92 Å². The molecule has 2 saturated carbocycles. The lowest BCUT2D eigenvalue weighted by atomic mass is 9.89. The van der Waals surface area contributed by atoms with Crippen LogP contribution in [0, 0.1) is 19.8 Å². The maximum absolute atomic E-state index is 11.1. The summed E-state index contributed by atoms with van der Waals surface area (Å²) in [7, 11) is 0. The molecule has 3 heteroatoms. The predicted molar refractivity (Wildman–Crippen MR) is 77.3 cm³/mol. The molecule has 0 amide bonds. The second-order valence-electron chi connectivity index (χ2n) is 6.56. The summed E-state index contributed by atoms with van der Waals surface area (Å²) in [5.41, 5.74) is 3.27. The van der Waals surface area contributed by atoms with E-state index in [9.17, 15) is 4.79 Å². The zero-order valence-electron chi connectivity index (χ0n) is 12.2. The van der Waals surface area contributed by atoms with E-state index in [1.165, 1.54) is 18.4 Å². The number of ether oxygens (including phenoxy) is 1. The molecule has 20 heavy (non-hydrogen) atoms. The summed E-state index contributed by atoms with van der Waals surface area (Å²) in [5, 5.41) is 9.17. The molecular formula is C17H22O3. The Labute approximate surface area is 120 Å². The molecule has 3 rings (SSSR count). The Balaban J connectivity index is 1.92. The van der Waals surface area contributed by atoms with Crippen molar-refractivity contribution in [3.8, 4) is 5.75 Å². The number of carboxylic acid groups (broad SMARTS) is 1. The zero-order chi connectivity index (χ0) is 14.3. The number of benzene rings is 1. The van der Waals surface area contributed by atoms with Crippen molar-refractivity contribution in [2.75, 3.05) is 6.61 Å². The van der Waals surface area contributed by atoms with Gasteiger partial charge < -0.3 is 9.84 Å². The Morgan fingerprint density at radius 3 is 2.60 bits per heavy atom. The molecule has 0 atom stereocenters. The van der Waals surface area contributed by atoms with E-state index < -0.39 is 5.97 Å². The largest absolute Gasteiger partial charge is 0.493 e. The van der Waals surface area contributed by atoms with E-state index in [-0.39, 0.29) is 11.8 Å². The van der Waals surface area contributed by atoms with Crippen molar-refractivity contribution in [3.05, 3.63) is 28.8 Å². The number of carboxylic acids is 1. The monoisotopic (exact) mass is 274 g/mol. The third kappa shape index (κ3) is 2.67. The molecule has 1 aromatic carbocycles. The molecule has 0 bridgehead atoms. The van der Waals surface area contributed by atoms with E-state index in [2.05, 4.69) is 26.0 Å². The van der Waals surface area contributed by atoms with E-state index in [1.54, 1.807) is 0 Å². The highest BCUT2D eigenvalue weighted by molar-refractivity contribution is 5.71. The first-order valence-corrected chi connectivity index (χ1v) is 7.46. The molecule has 108 valence electrons. The number of aliphatic carboxylic acids is 1. The van der Waals surface area contributed by atoms with Gasteiger partial charge >= 0.3 is 5.97 Å². The minimum Gasteiger partial charge on any atom is -0.493 e. The molecule has 0 spiro atoms. The normalized spacial score (nSPS) is 19.7. The first kappa shape index (κ1) is 13.5. The van der Waals surface area contributed by atoms with Crippen molar-refractivity contribution >= 4 is 5.97 Å². The first-order valence-electron chi connectivity index (χ1n) is 7.46. The maximum atomic E-state index is 11.1. The van der Waals surface area contributed by atoms with Gasteiger partial charge in [-0.3, -0.25) is 4.79 Å². The Bertz CT molecular complexity index is 539. The van der Waals surface area contributed by atoms with E-state index in [4.69, 9.17) is 9.84 Å². The summed E-state index contributed by atoms with van der Waals surface area (Å²) in [5.74, 6) is 0.939. The van der Waals surface area contributed by atoms with Gasteiger partial charge in [-0.1, -0.05) is 17.7 Å². The van der Waals surface area contributed by atoms with Gasteiger partial charge in [-0.25, -0.2) is 0 Å². The lowest BCUT2D eigenvalue weighted by molar-refractivity contribution is -0.137. The van der Waals surface area contributed by atoms with Gasteiger partial charge in [-0.2, -0.15) is 0 Å². The van der Waals surface area contributed by atoms with Gasteiger partial charge in [0.1, 0.15) is 5.75 Å². The Kier molecular flexibility index (Phi) is 3.23. The fourth-order valence-electron chi connectivity index (χ4n) is 3.01. The van der Waals surface area contributed by atoms with Crippen LogP contribution in [0.15, 0.2) is 12.1 Å². The molecule has 0 heterocycles. The standard InChI is InChI=1S/C17H22O3/c1-11-7-12(2)16(20-10-13-3-4-13)14(8-11)17(5-6-17)9-15(18)19/h7-8,13H,3-6,9-10H2,1-2H3,(H,18,19). The summed E-state index contributed by atoms with van der Waals surface area (Å²) in [6.45, 7) is 4.91. The molecule has 0 aliphatic heterocycles. The van der Waals surface area contributed by atoms with E-state index in [0.29, 0.717) is 5.92 Å². The van der Waals surface area contributed by atoms with Gasteiger partial charge in [0.05, 0.1) is 13.0 Å². The second kappa shape index (κ2) is 4.80. The van der Waals surface area contributed by atoms with Crippen LogP contribution in [0.25, 0.3) is 0 Å². The quantitative estimate of drug-likeness (QED) is 0.862. The highest BCUT2D eigenvalue weighted by Gasteiger charge is 2.48. The SMILES string of the molecule is Cc1cc(C)c(OCC2CC2)c(C2(CC(=O)O)CC2)c1. The summed E-state index contributed by atoms with van der Waals surface area (Å²) < 4.78 is 6.06. The lowest BCUT2D eigenvalue weighted by Gasteiger charge is -2.21. The second-order valence-corrected chi connectivity index (χ2v) is 6.56. The smallest absolute Gasteiger partial charge is 0.304 e. The molecule has 2 aliphatic carbocycles. The fourth-order valence-corrected chi connectivity index (χ4v) is 3.01. The Hall–Kier alpha value is -1.51. The number of hydrogen-bond donors (Lipinski definition) is 1. The average molecular weight is 274 g/mol. The lowest BCUT2D eigenvalue weighted by Crippen LogP contribution is -2.16. The Morgan fingerprint density at radius 1 is 1.35 bits per heavy atom. The van der Waals surface area contributed by atoms with Crippen LogP contribution in [0.4, 0.5) is 0 Å². The van der Waals surface area contributed by atoms with Crippen LogP contribution < -0.4 is 4.74 Å². The van der Waals surface area contributed by atoms with Crippen molar-refractivity contribution < 1.29 is 14.6 Å². The van der Waals surface area contributed by atoms with Gasteiger partial charge in [0, 0.05) is 11.0 Å². The minimum atomic E-state index is -0.713. The van der Waals surface area contributed by atoms with E-state index in [1.807, 2.05) is 0 Å². The highest BCUT2D eigenvalue weighted by Crippen LogP contribution is 2.54. The number of hydrogen-bond acceptors (Lipinski definition) is 2. The van der Waals surface area contributed by atoms with Crippen molar-refractivity contribution in [2.45, 2.75) is 51.4 Å². The van der Waals surface area contributed by atoms with Crippen LogP contribution in [-0.4, -0.2) is 17.7 Å². The van der Waals surface area contributed by atoms with Crippen molar-refractivity contribution in [1.82, 2.24) is 0 Å². The Morgan fingerprint density at radius 2 is 2.05 bits per heavy atom. The molecule has 3 nitrogen and oxygen atoms in total. The predicted octanol–water partition coefficient (Wildman–Crippen LogP) is 3.60. The van der Waals surface area contributed by atoms with E-state index in [0.717, 1.165) is 36.3 Å². The number of rotatable bonds is 6. The zero-order valence-corrected chi connectivity index (χ0v) is 12.2. The fraction of sp³-hybridized carbons (Fsp3) is 0.588. The van der Waals surface area contributed by atoms with Crippen LogP contribution in [0.3, 0.4) is 0 Å². The molecule has 0 unspecified atom stereocenters. The molecule has 1 aromatic rings. The molecule has 1 N–H and O–H groups in total. The third-order valence-corrected chi connectivity index (χ3v) is 4.49. The molecule has 0 radical (unpaired) electrons. The van der Waals surface area contributed by atoms with Crippen LogP contribution in [0.2, 0.25) is 0 Å². The van der Waals surface area contributed by atoms with E-state index >= 15 is 0 Å². The number of carbonyl (C=O) groups is 1. The minimum absolute atomic E-state index is 0.179. The average Bonchev–Trinajstić information content (AvgIpc) is 3.21. The van der Waals surface area contributed by atoms with Gasteiger partial charge in [-0.05, 0) is 51.0 Å². The summed E-state index contributed by atoms with van der Waals surface area (Å²) in [6.07, 6.45) is 4.67. The molecule has 2 aliphatic rings. The highest BCUT2D eigenvalue weighted by atomic mass is 16.5. The van der Waals surface area contributed by atoms with Gasteiger partial charge in [0.25, 0.3) is 0 Å². The number of aryl methyl sites for hydroxylation is 2. The van der Waals surface area contributed by atoms with Crippen LogP contribution >= 0.6 is 0 Å². The summed E-state index contributed by atoms with van der Waals surface area (Å²) >= 11 is 0.